The van der Waals surface area contributed by atoms with Gasteiger partial charge in [0, 0.05) is 19.6 Å². The molecule has 1 heterocycles. The fourth-order valence-corrected chi connectivity index (χ4v) is 5.86. The van der Waals surface area contributed by atoms with Crippen LogP contribution in [0.2, 0.25) is 0 Å². The Morgan fingerprint density at radius 3 is 2.28 bits per heavy atom. The molecule has 0 aliphatic carbocycles. The molecule has 0 radical (unpaired) electrons. The molecule has 0 bridgehead atoms. The molecule has 0 unspecified atom stereocenters. The molecule has 1 aliphatic heterocycles. The number of methoxy groups -OCH3 is 1. The maximum atomic E-state index is 13.5. The molecule has 0 saturated carbocycles. The number of benzene rings is 2. The van der Waals surface area contributed by atoms with E-state index in [1.165, 1.54) is 29.6 Å². The quantitative estimate of drug-likeness (QED) is 0.711. The number of sulfonamides is 2. The maximum absolute atomic E-state index is 13.5. The van der Waals surface area contributed by atoms with Crippen molar-refractivity contribution in [2.75, 3.05) is 20.2 Å². The minimum atomic E-state index is -4.02. The Morgan fingerprint density at radius 1 is 1.00 bits per heavy atom. The van der Waals surface area contributed by atoms with E-state index in [-0.39, 0.29) is 22.1 Å². The summed E-state index contributed by atoms with van der Waals surface area (Å²) in [6, 6.07) is 9.29. The molecule has 7 nitrogen and oxygen atoms in total. The zero-order valence-electron chi connectivity index (χ0n) is 16.0. The van der Waals surface area contributed by atoms with Gasteiger partial charge < -0.3 is 4.74 Å². The highest BCUT2D eigenvalue weighted by Crippen LogP contribution is 2.25. The second-order valence-electron chi connectivity index (χ2n) is 6.73. The Kier molecular flexibility index (Phi) is 6.57. The average molecular weight is 443 g/mol. The van der Waals surface area contributed by atoms with Crippen LogP contribution in [0, 0.1) is 5.82 Å². The van der Waals surface area contributed by atoms with Gasteiger partial charge in [-0.2, -0.15) is 4.31 Å². The Morgan fingerprint density at radius 2 is 1.66 bits per heavy atom. The molecule has 2 aromatic carbocycles. The standard InChI is InChI=1S/C19H23FN2O5S2/c1-27-18-10-7-16(20)13-19(18)28(23,24)21-14-15-5-8-17(9-6-15)29(25,26)22-11-3-2-4-12-22/h5-10,13,21H,2-4,11-12,14H2,1H3. The molecule has 1 N–H and O–H groups in total. The van der Waals surface area contributed by atoms with E-state index >= 15 is 0 Å². The van der Waals surface area contributed by atoms with Gasteiger partial charge >= 0.3 is 0 Å². The van der Waals surface area contributed by atoms with Gasteiger partial charge in [0.2, 0.25) is 20.0 Å². The molecule has 158 valence electrons. The van der Waals surface area contributed by atoms with Crippen LogP contribution in [0.25, 0.3) is 0 Å². The zero-order chi connectivity index (χ0) is 21.1. The van der Waals surface area contributed by atoms with Crippen LogP contribution in [0.1, 0.15) is 24.8 Å². The summed E-state index contributed by atoms with van der Waals surface area (Å²) in [5, 5.41) is 0. The molecule has 1 aliphatic rings. The second-order valence-corrected chi connectivity index (χ2v) is 10.4. The summed E-state index contributed by atoms with van der Waals surface area (Å²) in [6.45, 7) is 0.949. The van der Waals surface area contributed by atoms with Crippen molar-refractivity contribution < 1.29 is 26.0 Å². The number of nitrogens with one attached hydrogen (secondary N) is 1. The molecule has 0 atom stereocenters. The molecule has 2 aromatic rings. The van der Waals surface area contributed by atoms with Crippen LogP contribution in [0.3, 0.4) is 0 Å². The van der Waals surface area contributed by atoms with Gasteiger partial charge in [0.15, 0.2) is 0 Å². The van der Waals surface area contributed by atoms with E-state index < -0.39 is 25.9 Å². The van der Waals surface area contributed by atoms with Crippen molar-refractivity contribution in [2.45, 2.75) is 35.6 Å². The lowest BCUT2D eigenvalue weighted by Crippen LogP contribution is -2.35. The highest BCUT2D eigenvalue weighted by atomic mass is 32.2. The van der Waals surface area contributed by atoms with Crippen molar-refractivity contribution in [3.05, 3.63) is 53.8 Å². The predicted octanol–water partition coefficient (Wildman–Crippen LogP) is 2.49. The lowest BCUT2D eigenvalue weighted by Gasteiger charge is -2.25. The summed E-state index contributed by atoms with van der Waals surface area (Å²) in [6.07, 6.45) is 2.73. The number of piperidine rings is 1. The van der Waals surface area contributed by atoms with Crippen LogP contribution in [-0.2, 0) is 26.6 Å². The van der Waals surface area contributed by atoms with Crippen LogP contribution < -0.4 is 9.46 Å². The molecule has 0 aromatic heterocycles. The summed E-state index contributed by atoms with van der Waals surface area (Å²) in [4.78, 5) is -0.123. The molecular formula is C19H23FN2O5S2. The highest BCUT2D eigenvalue weighted by molar-refractivity contribution is 7.89. The summed E-state index contributed by atoms with van der Waals surface area (Å²) in [5.41, 5.74) is 0.571. The Labute approximate surface area is 170 Å². The van der Waals surface area contributed by atoms with Crippen LogP contribution in [0.15, 0.2) is 52.3 Å². The first kappa shape index (κ1) is 21.7. The topological polar surface area (TPSA) is 92.8 Å². The molecule has 3 rings (SSSR count). The van der Waals surface area contributed by atoms with Gasteiger partial charge in [0.1, 0.15) is 16.5 Å². The van der Waals surface area contributed by atoms with E-state index in [1.54, 1.807) is 12.1 Å². The van der Waals surface area contributed by atoms with Crippen LogP contribution in [-0.4, -0.2) is 41.3 Å². The van der Waals surface area contributed by atoms with Gasteiger partial charge in [0.25, 0.3) is 0 Å². The van der Waals surface area contributed by atoms with E-state index in [1.807, 2.05) is 0 Å². The van der Waals surface area contributed by atoms with Crippen molar-refractivity contribution in [1.82, 2.24) is 9.03 Å². The van der Waals surface area contributed by atoms with E-state index in [4.69, 9.17) is 4.74 Å². The van der Waals surface area contributed by atoms with Crippen molar-refractivity contribution in [3.63, 3.8) is 0 Å². The lowest BCUT2D eigenvalue weighted by molar-refractivity contribution is 0.346. The Balaban J connectivity index is 1.73. The molecule has 10 heteroatoms. The van der Waals surface area contributed by atoms with Crippen LogP contribution >= 0.6 is 0 Å². The van der Waals surface area contributed by atoms with E-state index in [0.717, 1.165) is 31.4 Å². The summed E-state index contributed by atoms with van der Waals surface area (Å²) < 4.78 is 72.7. The first-order valence-electron chi connectivity index (χ1n) is 9.16. The number of hydrogen-bond donors (Lipinski definition) is 1. The van der Waals surface area contributed by atoms with E-state index in [0.29, 0.717) is 18.7 Å². The van der Waals surface area contributed by atoms with Crippen molar-refractivity contribution in [2.24, 2.45) is 0 Å². The van der Waals surface area contributed by atoms with Gasteiger partial charge in [0.05, 0.1) is 12.0 Å². The fourth-order valence-electron chi connectivity index (χ4n) is 3.15. The number of nitrogens with zero attached hydrogens (tertiary/aromatic N) is 1. The number of hydrogen-bond acceptors (Lipinski definition) is 5. The third kappa shape index (κ3) is 4.95. The van der Waals surface area contributed by atoms with Gasteiger partial charge in [-0.15, -0.1) is 0 Å². The Bertz CT molecular complexity index is 1060. The largest absolute Gasteiger partial charge is 0.495 e. The fraction of sp³-hybridized carbons (Fsp3) is 0.368. The van der Waals surface area contributed by atoms with Crippen molar-refractivity contribution in [3.8, 4) is 5.75 Å². The SMILES string of the molecule is COc1ccc(F)cc1S(=O)(=O)NCc1ccc(S(=O)(=O)N2CCCCC2)cc1. The molecule has 29 heavy (non-hydrogen) atoms. The van der Waals surface area contributed by atoms with Crippen LogP contribution in [0.5, 0.6) is 5.75 Å². The normalized spacial score (nSPS) is 15.9. The lowest BCUT2D eigenvalue weighted by atomic mass is 10.2. The van der Waals surface area contributed by atoms with E-state index in [9.17, 15) is 21.2 Å². The smallest absolute Gasteiger partial charge is 0.244 e. The van der Waals surface area contributed by atoms with E-state index in [2.05, 4.69) is 4.72 Å². The number of ether oxygens (including phenoxy) is 1. The average Bonchev–Trinajstić information content (AvgIpc) is 2.73. The highest BCUT2D eigenvalue weighted by Gasteiger charge is 2.26. The molecule has 1 saturated heterocycles. The third-order valence-electron chi connectivity index (χ3n) is 4.76. The summed E-state index contributed by atoms with van der Waals surface area (Å²) >= 11 is 0. The molecule has 1 fully saturated rings. The molecular weight excluding hydrogens is 419 g/mol. The first-order chi connectivity index (χ1) is 13.7. The first-order valence-corrected chi connectivity index (χ1v) is 12.1. The minimum Gasteiger partial charge on any atom is -0.495 e. The van der Waals surface area contributed by atoms with Crippen LogP contribution in [0.4, 0.5) is 4.39 Å². The number of rotatable bonds is 7. The summed E-state index contributed by atoms with van der Waals surface area (Å²) in [7, 11) is -6.26. The van der Waals surface area contributed by atoms with Crippen molar-refractivity contribution in [1.29, 1.82) is 0 Å². The van der Waals surface area contributed by atoms with Gasteiger partial charge in [-0.25, -0.2) is 25.9 Å². The summed E-state index contributed by atoms with van der Waals surface area (Å²) in [5.74, 6) is -0.666. The molecule has 0 amide bonds. The number of halogens is 1. The minimum absolute atomic E-state index is 0.0295. The Hall–Kier alpha value is -2.01. The van der Waals surface area contributed by atoms with Gasteiger partial charge in [-0.05, 0) is 48.7 Å². The zero-order valence-corrected chi connectivity index (χ0v) is 17.6. The van der Waals surface area contributed by atoms with Crippen molar-refractivity contribution >= 4 is 20.0 Å². The monoisotopic (exact) mass is 442 g/mol. The van der Waals surface area contributed by atoms with Gasteiger partial charge in [-0.1, -0.05) is 18.6 Å². The third-order valence-corrected chi connectivity index (χ3v) is 8.09. The molecule has 0 spiro atoms. The maximum Gasteiger partial charge on any atom is 0.244 e. The second kappa shape index (κ2) is 8.78. The van der Waals surface area contributed by atoms with Gasteiger partial charge in [-0.3, -0.25) is 0 Å². The predicted molar refractivity (Wildman–Crippen MR) is 106 cm³/mol.